The van der Waals surface area contributed by atoms with Crippen LogP contribution >= 0.6 is 0 Å². The van der Waals surface area contributed by atoms with Crippen molar-refractivity contribution in [3.8, 4) is 0 Å². The molecule has 0 radical (unpaired) electrons. The van der Waals surface area contributed by atoms with Crippen LogP contribution in [0.5, 0.6) is 0 Å². The van der Waals surface area contributed by atoms with Crippen LogP contribution in [0.1, 0.15) is 46.5 Å². The van der Waals surface area contributed by atoms with Crippen molar-refractivity contribution >= 4 is 5.97 Å². The van der Waals surface area contributed by atoms with Gasteiger partial charge in [0.05, 0.1) is 6.42 Å². The van der Waals surface area contributed by atoms with Crippen LogP contribution in [0.2, 0.25) is 0 Å². The molecule has 0 aromatic rings. The first-order valence-corrected chi connectivity index (χ1v) is 6.00. The van der Waals surface area contributed by atoms with Crippen molar-refractivity contribution in [3.05, 3.63) is 0 Å². The average molecular weight is 213 g/mol. The molecule has 1 N–H and O–H groups in total. The molecule has 0 saturated carbocycles. The van der Waals surface area contributed by atoms with E-state index in [9.17, 15) is 4.79 Å². The van der Waals surface area contributed by atoms with E-state index in [-0.39, 0.29) is 12.5 Å². The summed E-state index contributed by atoms with van der Waals surface area (Å²) in [5.41, 5.74) is 0. The summed E-state index contributed by atoms with van der Waals surface area (Å²) in [6, 6.07) is 0.753. The highest BCUT2D eigenvalue weighted by Crippen LogP contribution is 2.25. The van der Waals surface area contributed by atoms with Crippen molar-refractivity contribution in [1.29, 1.82) is 0 Å². The minimum absolute atomic E-state index is 0.176. The highest BCUT2D eigenvalue weighted by Gasteiger charge is 2.29. The SMILES string of the molecule is CC(C)C1CCCCN1C(C)CC(=O)O. The number of aliphatic carboxylic acids is 1. The molecular weight excluding hydrogens is 190 g/mol. The topological polar surface area (TPSA) is 40.5 Å². The van der Waals surface area contributed by atoms with Gasteiger partial charge in [0.15, 0.2) is 0 Å². The Hall–Kier alpha value is -0.570. The van der Waals surface area contributed by atoms with Gasteiger partial charge in [0.25, 0.3) is 0 Å². The third kappa shape index (κ3) is 3.49. The summed E-state index contributed by atoms with van der Waals surface area (Å²) in [7, 11) is 0. The largest absolute Gasteiger partial charge is 0.481 e. The fourth-order valence-electron chi connectivity index (χ4n) is 2.61. The van der Waals surface area contributed by atoms with Crippen LogP contribution in [0.15, 0.2) is 0 Å². The summed E-state index contributed by atoms with van der Waals surface area (Å²) in [5, 5.41) is 8.81. The van der Waals surface area contributed by atoms with E-state index in [0.29, 0.717) is 12.0 Å². The van der Waals surface area contributed by atoms with Crippen molar-refractivity contribution in [3.63, 3.8) is 0 Å². The van der Waals surface area contributed by atoms with E-state index in [0.717, 1.165) is 6.54 Å². The molecule has 1 saturated heterocycles. The summed E-state index contributed by atoms with van der Waals surface area (Å²) in [6.45, 7) is 7.57. The monoisotopic (exact) mass is 213 g/mol. The first-order valence-electron chi connectivity index (χ1n) is 6.00. The van der Waals surface area contributed by atoms with Gasteiger partial charge in [0, 0.05) is 12.1 Å². The average Bonchev–Trinajstić information content (AvgIpc) is 2.16. The molecule has 3 heteroatoms. The Bertz CT molecular complexity index is 216. The summed E-state index contributed by atoms with van der Waals surface area (Å²) in [5.74, 6) is -0.0582. The number of hydrogen-bond donors (Lipinski definition) is 1. The number of hydrogen-bond acceptors (Lipinski definition) is 2. The molecule has 0 aromatic carbocycles. The Kier molecular flexibility index (Phi) is 4.58. The molecule has 1 aliphatic heterocycles. The molecule has 88 valence electrons. The quantitative estimate of drug-likeness (QED) is 0.779. The number of nitrogens with zero attached hydrogens (tertiary/aromatic N) is 1. The molecule has 1 heterocycles. The number of piperidine rings is 1. The lowest BCUT2D eigenvalue weighted by atomic mass is 9.91. The van der Waals surface area contributed by atoms with Gasteiger partial charge in [-0.3, -0.25) is 9.69 Å². The van der Waals surface area contributed by atoms with E-state index >= 15 is 0 Å². The predicted molar refractivity (Wildman–Crippen MR) is 60.9 cm³/mol. The Morgan fingerprint density at radius 2 is 2.07 bits per heavy atom. The van der Waals surface area contributed by atoms with Crippen LogP contribution in [0.4, 0.5) is 0 Å². The molecule has 1 rings (SSSR count). The Balaban J connectivity index is 2.58. The van der Waals surface area contributed by atoms with Crippen LogP contribution in [-0.2, 0) is 4.79 Å². The van der Waals surface area contributed by atoms with Crippen molar-refractivity contribution in [2.24, 2.45) is 5.92 Å². The smallest absolute Gasteiger partial charge is 0.304 e. The van der Waals surface area contributed by atoms with Gasteiger partial charge in [-0.05, 0) is 32.2 Å². The van der Waals surface area contributed by atoms with Gasteiger partial charge < -0.3 is 5.11 Å². The minimum atomic E-state index is -0.685. The zero-order valence-corrected chi connectivity index (χ0v) is 10.1. The van der Waals surface area contributed by atoms with Gasteiger partial charge in [-0.15, -0.1) is 0 Å². The Labute approximate surface area is 92.5 Å². The predicted octanol–water partition coefficient (Wildman–Crippen LogP) is 2.36. The molecule has 0 bridgehead atoms. The van der Waals surface area contributed by atoms with Gasteiger partial charge in [0.1, 0.15) is 0 Å². The van der Waals surface area contributed by atoms with E-state index in [4.69, 9.17) is 5.11 Å². The molecular formula is C12H23NO2. The number of rotatable bonds is 4. The Morgan fingerprint density at radius 3 is 2.60 bits per heavy atom. The fraction of sp³-hybridized carbons (Fsp3) is 0.917. The second kappa shape index (κ2) is 5.50. The number of carbonyl (C=O) groups is 1. The first-order chi connectivity index (χ1) is 7.02. The minimum Gasteiger partial charge on any atom is -0.481 e. The van der Waals surface area contributed by atoms with Crippen LogP contribution in [0.3, 0.4) is 0 Å². The lowest BCUT2D eigenvalue weighted by molar-refractivity contribution is -0.138. The molecule has 0 amide bonds. The second-order valence-electron chi connectivity index (χ2n) is 4.99. The summed E-state index contributed by atoms with van der Waals surface area (Å²) in [6.07, 6.45) is 4.00. The lowest BCUT2D eigenvalue weighted by Gasteiger charge is -2.41. The van der Waals surface area contributed by atoms with E-state index in [1.54, 1.807) is 0 Å². The molecule has 1 fully saturated rings. The van der Waals surface area contributed by atoms with Gasteiger partial charge in [0.2, 0.25) is 0 Å². The highest BCUT2D eigenvalue weighted by atomic mass is 16.4. The lowest BCUT2D eigenvalue weighted by Crippen LogP contribution is -2.48. The van der Waals surface area contributed by atoms with Crippen LogP contribution in [0.25, 0.3) is 0 Å². The van der Waals surface area contributed by atoms with E-state index < -0.39 is 5.97 Å². The maximum Gasteiger partial charge on any atom is 0.304 e. The van der Waals surface area contributed by atoms with E-state index in [2.05, 4.69) is 18.7 Å². The van der Waals surface area contributed by atoms with E-state index in [1.165, 1.54) is 19.3 Å². The van der Waals surface area contributed by atoms with Gasteiger partial charge in [-0.1, -0.05) is 20.3 Å². The number of carboxylic acids is 1. The third-order valence-electron chi connectivity index (χ3n) is 3.40. The van der Waals surface area contributed by atoms with E-state index in [1.807, 2.05) is 6.92 Å². The highest BCUT2D eigenvalue weighted by molar-refractivity contribution is 5.67. The second-order valence-corrected chi connectivity index (χ2v) is 4.99. The van der Waals surface area contributed by atoms with Crippen LogP contribution in [-0.4, -0.2) is 34.6 Å². The molecule has 1 aliphatic rings. The maximum atomic E-state index is 10.7. The number of likely N-dealkylation sites (tertiary alicyclic amines) is 1. The molecule has 2 atom stereocenters. The molecule has 3 nitrogen and oxygen atoms in total. The zero-order chi connectivity index (χ0) is 11.4. The zero-order valence-electron chi connectivity index (χ0n) is 10.1. The maximum absolute atomic E-state index is 10.7. The van der Waals surface area contributed by atoms with Crippen LogP contribution in [0, 0.1) is 5.92 Å². The first kappa shape index (κ1) is 12.5. The molecule has 0 aliphatic carbocycles. The third-order valence-corrected chi connectivity index (χ3v) is 3.40. The van der Waals surface area contributed by atoms with Gasteiger partial charge in [-0.2, -0.15) is 0 Å². The Morgan fingerprint density at radius 1 is 1.40 bits per heavy atom. The molecule has 0 spiro atoms. The van der Waals surface area contributed by atoms with Crippen molar-refractivity contribution < 1.29 is 9.90 Å². The summed E-state index contributed by atoms with van der Waals surface area (Å²) in [4.78, 5) is 13.1. The van der Waals surface area contributed by atoms with Crippen LogP contribution < -0.4 is 0 Å². The molecule has 15 heavy (non-hydrogen) atoms. The molecule has 0 aromatic heterocycles. The van der Waals surface area contributed by atoms with Gasteiger partial charge in [-0.25, -0.2) is 0 Å². The van der Waals surface area contributed by atoms with Crippen molar-refractivity contribution in [2.75, 3.05) is 6.54 Å². The number of carboxylic acid groups (broad SMARTS) is 1. The normalized spacial score (nSPS) is 25.5. The fourth-order valence-corrected chi connectivity index (χ4v) is 2.61. The summed E-state index contributed by atoms with van der Waals surface area (Å²) >= 11 is 0. The van der Waals surface area contributed by atoms with Crippen molar-refractivity contribution in [2.45, 2.75) is 58.5 Å². The standard InChI is InChI=1S/C12H23NO2/c1-9(2)11-6-4-5-7-13(11)10(3)8-12(14)15/h9-11H,4-8H2,1-3H3,(H,14,15). The molecule has 2 unspecified atom stereocenters. The van der Waals surface area contributed by atoms with Gasteiger partial charge >= 0.3 is 5.97 Å². The summed E-state index contributed by atoms with van der Waals surface area (Å²) < 4.78 is 0. The van der Waals surface area contributed by atoms with Crippen molar-refractivity contribution in [1.82, 2.24) is 4.90 Å².